The topological polar surface area (TPSA) is 38.7 Å². The van der Waals surface area contributed by atoms with E-state index >= 15 is 0 Å². The predicted molar refractivity (Wildman–Crippen MR) is 74.7 cm³/mol. The van der Waals surface area contributed by atoms with Crippen LogP contribution >= 0.6 is 15.9 Å². The number of hydrogen-bond acceptors (Lipinski definition) is 3. The Hall–Kier alpha value is -1.50. The van der Waals surface area contributed by atoms with Crippen molar-refractivity contribution in [3.63, 3.8) is 0 Å². The molecule has 0 aromatic carbocycles. The van der Waals surface area contributed by atoms with Gasteiger partial charge in [0, 0.05) is 39.6 Å². The van der Waals surface area contributed by atoms with E-state index in [1.54, 1.807) is 0 Å². The lowest BCUT2D eigenvalue weighted by Crippen LogP contribution is -2.10. The normalized spacial score (nSPS) is 15.3. The summed E-state index contributed by atoms with van der Waals surface area (Å²) in [5, 5.41) is 0. The molecule has 0 saturated heterocycles. The van der Waals surface area contributed by atoms with Crippen LogP contribution in [0.15, 0.2) is 22.9 Å². The first kappa shape index (κ1) is 14.4. The third kappa shape index (κ3) is 2.92. The number of halogens is 4. The van der Waals surface area contributed by atoms with Crippen LogP contribution in [0.25, 0.3) is 11.1 Å². The van der Waals surface area contributed by atoms with E-state index in [9.17, 15) is 13.2 Å². The Bertz CT molecular complexity index is 679. The predicted octanol–water partition coefficient (Wildman–Crippen LogP) is 4.51. The largest absolute Gasteiger partial charge is 0.451 e. The van der Waals surface area contributed by atoms with Gasteiger partial charge in [0.1, 0.15) is 0 Å². The summed E-state index contributed by atoms with van der Waals surface area (Å²) in [6, 6.07) is 1.82. The molecule has 0 amide bonds. The van der Waals surface area contributed by atoms with Gasteiger partial charge in [0.05, 0.1) is 5.69 Å². The Balaban J connectivity index is 2.04. The molecule has 3 rings (SSSR count). The summed E-state index contributed by atoms with van der Waals surface area (Å²) in [7, 11) is 0. The van der Waals surface area contributed by atoms with Gasteiger partial charge in [-0.2, -0.15) is 13.2 Å². The van der Waals surface area contributed by atoms with Crippen molar-refractivity contribution in [3.05, 3.63) is 40.1 Å². The lowest BCUT2D eigenvalue weighted by atomic mass is 10.1. The molecule has 3 nitrogen and oxygen atoms in total. The molecular formula is C14H11BrF3N3. The second kappa shape index (κ2) is 5.05. The molecule has 0 aliphatic heterocycles. The molecular weight excluding hydrogens is 347 g/mol. The number of pyridine rings is 1. The molecule has 2 aromatic heterocycles. The minimum Gasteiger partial charge on any atom is -0.257 e. The highest BCUT2D eigenvalue weighted by molar-refractivity contribution is 9.10. The molecule has 1 saturated carbocycles. The fourth-order valence-electron chi connectivity index (χ4n) is 2.13. The molecule has 0 radical (unpaired) electrons. The molecule has 110 valence electrons. The first-order valence-electron chi connectivity index (χ1n) is 6.43. The third-order valence-corrected chi connectivity index (χ3v) is 4.13. The highest BCUT2D eigenvalue weighted by atomic mass is 79.9. The molecule has 1 fully saturated rings. The summed E-state index contributed by atoms with van der Waals surface area (Å²) in [4.78, 5) is 11.3. The van der Waals surface area contributed by atoms with Gasteiger partial charge >= 0.3 is 6.18 Å². The van der Waals surface area contributed by atoms with Gasteiger partial charge in [-0.25, -0.2) is 9.97 Å². The Labute approximate surface area is 127 Å². The van der Waals surface area contributed by atoms with Gasteiger partial charge in [0.25, 0.3) is 0 Å². The highest BCUT2D eigenvalue weighted by Crippen LogP contribution is 2.45. The third-order valence-electron chi connectivity index (χ3n) is 3.29. The van der Waals surface area contributed by atoms with E-state index in [2.05, 4.69) is 30.9 Å². The van der Waals surface area contributed by atoms with E-state index in [-0.39, 0.29) is 0 Å². The average Bonchev–Trinajstić information content (AvgIpc) is 3.24. The van der Waals surface area contributed by atoms with Crippen molar-refractivity contribution in [2.45, 2.75) is 31.9 Å². The highest BCUT2D eigenvalue weighted by Gasteiger charge is 2.34. The SMILES string of the molecule is Cc1cc(-c2cnc(C(F)(F)F)nc2)c(Br)c(C2CC2)n1. The molecule has 1 aliphatic rings. The lowest BCUT2D eigenvalue weighted by molar-refractivity contribution is -0.144. The van der Waals surface area contributed by atoms with Crippen LogP contribution in [0.2, 0.25) is 0 Å². The molecule has 0 spiro atoms. The summed E-state index contributed by atoms with van der Waals surface area (Å²) in [6.45, 7) is 1.87. The minimum atomic E-state index is -4.52. The van der Waals surface area contributed by atoms with Crippen LogP contribution in [0.4, 0.5) is 13.2 Å². The van der Waals surface area contributed by atoms with Crippen molar-refractivity contribution < 1.29 is 13.2 Å². The molecule has 0 N–H and O–H groups in total. The number of rotatable bonds is 2. The molecule has 0 atom stereocenters. The fraction of sp³-hybridized carbons (Fsp3) is 0.357. The van der Waals surface area contributed by atoms with E-state index in [1.165, 1.54) is 12.4 Å². The molecule has 2 heterocycles. The number of aryl methyl sites for hydroxylation is 1. The lowest BCUT2D eigenvalue weighted by Gasteiger charge is -2.11. The number of hydrogen-bond donors (Lipinski definition) is 0. The van der Waals surface area contributed by atoms with Crippen molar-refractivity contribution in [1.29, 1.82) is 0 Å². The molecule has 21 heavy (non-hydrogen) atoms. The first-order chi connectivity index (χ1) is 9.86. The van der Waals surface area contributed by atoms with Crippen LogP contribution in [0, 0.1) is 6.92 Å². The van der Waals surface area contributed by atoms with E-state index < -0.39 is 12.0 Å². The van der Waals surface area contributed by atoms with Crippen LogP contribution in [0.5, 0.6) is 0 Å². The standard InChI is InChI=1S/C14H11BrF3N3/c1-7-4-10(11(15)12(21-7)8-2-3-8)9-5-19-13(20-6-9)14(16,17)18/h4-6,8H,2-3H2,1H3. The van der Waals surface area contributed by atoms with E-state index in [0.717, 1.165) is 34.3 Å². The van der Waals surface area contributed by atoms with Crippen molar-refractivity contribution in [1.82, 2.24) is 15.0 Å². The quantitative estimate of drug-likeness (QED) is 0.793. The number of nitrogens with zero attached hydrogens (tertiary/aromatic N) is 3. The maximum atomic E-state index is 12.5. The second-order valence-corrected chi connectivity index (χ2v) is 5.87. The van der Waals surface area contributed by atoms with Gasteiger partial charge in [-0.3, -0.25) is 4.98 Å². The number of aromatic nitrogens is 3. The van der Waals surface area contributed by atoms with Crippen molar-refractivity contribution in [3.8, 4) is 11.1 Å². The van der Waals surface area contributed by atoms with Crippen LogP contribution in [0.1, 0.15) is 36.0 Å². The summed E-state index contributed by atoms with van der Waals surface area (Å²) < 4.78 is 38.3. The zero-order chi connectivity index (χ0) is 15.2. The Kier molecular flexibility index (Phi) is 3.47. The second-order valence-electron chi connectivity index (χ2n) is 5.08. The summed E-state index contributed by atoms with van der Waals surface area (Å²) in [6.07, 6.45) is 0.0666. The molecule has 0 unspecified atom stereocenters. The van der Waals surface area contributed by atoms with E-state index in [0.29, 0.717) is 11.5 Å². The molecule has 0 bridgehead atoms. The first-order valence-corrected chi connectivity index (χ1v) is 7.22. The van der Waals surface area contributed by atoms with Crippen LogP contribution in [0.3, 0.4) is 0 Å². The van der Waals surface area contributed by atoms with Crippen molar-refractivity contribution in [2.24, 2.45) is 0 Å². The summed E-state index contributed by atoms with van der Waals surface area (Å²) in [5.74, 6) is -0.691. The van der Waals surface area contributed by atoms with Crippen molar-refractivity contribution in [2.75, 3.05) is 0 Å². The Morgan fingerprint density at radius 2 is 1.81 bits per heavy atom. The number of alkyl halides is 3. The van der Waals surface area contributed by atoms with Gasteiger partial charge in [-0.15, -0.1) is 0 Å². The zero-order valence-corrected chi connectivity index (χ0v) is 12.7. The van der Waals surface area contributed by atoms with Gasteiger partial charge in [0.15, 0.2) is 0 Å². The Morgan fingerprint density at radius 3 is 2.33 bits per heavy atom. The summed E-state index contributed by atoms with van der Waals surface area (Å²) in [5.41, 5.74) is 3.11. The van der Waals surface area contributed by atoms with E-state index in [4.69, 9.17) is 0 Å². The van der Waals surface area contributed by atoms with Crippen molar-refractivity contribution >= 4 is 15.9 Å². The van der Waals surface area contributed by atoms with Crippen LogP contribution < -0.4 is 0 Å². The maximum Gasteiger partial charge on any atom is 0.451 e. The minimum absolute atomic E-state index is 0.438. The Morgan fingerprint density at radius 1 is 1.19 bits per heavy atom. The smallest absolute Gasteiger partial charge is 0.257 e. The monoisotopic (exact) mass is 357 g/mol. The van der Waals surface area contributed by atoms with Crippen LogP contribution in [-0.4, -0.2) is 15.0 Å². The zero-order valence-electron chi connectivity index (χ0n) is 11.1. The van der Waals surface area contributed by atoms with E-state index in [1.807, 2.05) is 13.0 Å². The van der Waals surface area contributed by atoms with Gasteiger partial charge in [-0.1, -0.05) is 0 Å². The molecule has 1 aliphatic carbocycles. The summed E-state index contributed by atoms with van der Waals surface area (Å²) >= 11 is 3.51. The fourth-order valence-corrected chi connectivity index (χ4v) is 2.89. The van der Waals surface area contributed by atoms with Gasteiger partial charge in [0.2, 0.25) is 5.82 Å². The van der Waals surface area contributed by atoms with Crippen LogP contribution in [-0.2, 0) is 6.18 Å². The van der Waals surface area contributed by atoms with Gasteiger partial charge < -0.3 is 0 Å². The average molecular weight is 358 g/mol. The molecule has 7 heteroatoms. The molecule has 2 aromatic rings. The van der Waals surface area contributed by atoms with Gasteiger partial charge in [-0.05, 0) is 41.8 Å². The maximum absolute atomic E-state index is 12.5.